The lowest BCUT2D eigenvalue weighted by Crippen LogP contribution is -2.30. The molecule has 1 aromatic heterocycles. The average Bonchev–Trinajstić information content (AvgIpc) is 3.59. The average molecular weight is 563 g/mol. The third kappa shape index (κ3) is 5.96. The molecule has 2 aliphatic rings. The first-order valence-electron chi connectivity index (χ1n) is 14.5. The van der Waals surface area contributed by atoms with E-state index >= 15 is 0 Å². The number of aromatic nitrogens is 2. The summed E-state index contributed by atoms with van der Waals surface area (Å²) in [7, 11) is 0. The van der Waals surface area contributed by atoms with Crippen LogP contribution in [0.5, 0.6) is 0 Å². The fraction of sp³-hybridized carbons (Fsp3) is 0.273. The van der Waals surface area contributed by atoms with Crippen LogP contribution in [0.25, 0.3) is 22.5 Å². The molecule has 1 amide bonds. The number of piperidine rings is 1. The largest absolute Gasteiger partial charge is 0.354 e. The molecule has 3 N–H and O–H groups in total. The second kappa shape index (κ2) is 12.0. The van der Waals surface area contributed by atoms with Crippen molar-refractivity contribution in [3.8, 4) is 11.3 Å². The van der Waals surface area contributed by atoms with E-state index in [9.17, 15) is 14.9 Å². The standard InChI is InChI=1S/C33H34N6O3/c1-22-34-21-30(35-22)24-11-13-26(14-12-24)36-32(31-28-20-27(39(41)42)15-16-29(28)37-33(31)40)25-9-7-23(8-10-25)6-5-19-38-17-3-2-4-18-38/h7-16,20-21,36H,2-6,17-19H2,1H3,(H,34,35)(H,37,40)/b32-31-. The van der Waals surface area contributed by atoms with E-state index in [2.05, 4.69) is 37.6 Å². The molecule has 0 unspecified atom stereocenters. The van der Waals surface area contributed by atoms with Crippen molar-refractivity contribution >= 4 is 34.2 Å². The van der Waals surface area contributed by atoms with Gasteiger partial charge in [-0.05, 0) is 81.6 Å². The summed E-state index contributed by atoms with van der Waals surface area (Å²) in [5.74, 6) is 0.538. The smallest absolute Gasteiger partial charge is 0.270 e. The molecule has 9 nitrogen and oxygen atoms in total. The topological polar surface area (TPSA) is 116 Å². The third-order valence-electron chi connectivity index (χ3n) is 8.00. The molecular formula is C33H34N6O3. The Morgan fingerprint density at radius 2 is 1.79 bits per heavy atom. The molecule has 42 heavy (non-hydrogen) atoms. The summed E-state index contributed by atoms with van der Waals surface area (Å²) >= 11 is 0. The number of anilines is 2. The van der Waals surface area contributed by atoms with Crippen molar-refractivity contribution in [2.75, 3.05) is 30.3 Å². The lowest BCUT2D eigenvalue weighted by molar-refractivity contribution is -0.384. The van der Waals surface area contributed by atoms with Crippen molar-refractivity contribution < 1.29 is 9.72 Å². The third-order valence-corrected chi connectivity index (χ3v) is 8.00. The number of hydrogen-bond donors (Lipinski definition) is 3. The van der Waals surface area contributed by atoms with Gasteiger partial charge in [0, 0.05) is 40.8 Å². The fourth-order valence-electron chi connectivity index (χ4n) is 5.76. The Kier molecular flexibility index (Phi) is 7.83. The Morgan fingerprint density at radius 1 is 1.02 bits per heavy atom. The van der Waals surface area contributed by atoms with Crippen molar-refractivity contribution in [2.45, 2.75) is 39.0 Å². The number of nitrogens with zero attached hydrogens (tertiary/aromatic N) is 3. The van der Waals surface area contributed by atoms with Gasteiger partial charge in [-0.3, -0.25) is 14.9 Å². The summed E-state index contributed by atoms with van der Waals surface area (Å²) in [6.45, 7) is 5.42. The van der Waals surface area contributed by atoms with E-state index < -0.39 is 4.92 Å². The molecule has 3 aromatic carbocycles. The predicted molar refractivity (Wildman–Crippen MR) is 166 cm³/mol. The Morgan fingerprint density at radius 3 is 2.48 bits per heavy atom. The van der Waals surface area contributed by atoms with Gasteiger partial charge in [0.25, 0.3) is 11.6 Å². The second-order valence-corrected chi connectivity index (χ2v) is 11.0. The van der Waals surface area contributed by atoms with Gasteiger partial charge in [0.2, 0.25) is 0 Å². The number of nitro groups is 1. The zero-order chi connectivity index (χ0) is 29.1. The maximum absolute atomic E-state index is 13.3. The lowest BCUT2D eigenvalue weighted by atomic mass is 9.98. The molecule has 9 heteroatoms. The van der Waals surface area contributed by atoms with E-state index in [4.69, 9.17) is 0 Å². The van der Waals surface area contributed by atoms with Gasteiger partial charge >= 0.3 is 0 Å². The Labute approximate surface area is 244 Å². The van der Waals surface area contributed by atoms with Crippen LogP contribution in [0.1, 0.15) is 48.2 Å². The Bertz CT molecular complexity index is 1630. The van der Waals surface area contributed by atoms with Crippen LogP contribution < -0.4 is 10.6 Å². The number of non-ortho nitro benzene ring substituents is 1. The van der Waals surface area contributed by atoms with Gasteiger partial charge in [-0.1, -0.05) is 42.8 Å². The molecule has 0 bridgehead atoms. The number of fused-ring (bicyclic) bond motifs is 1. The number of aromatic amines is 1. The SMILES string of the molecule is Cc1nc(-c2ccc(N/C(=C3\C(=O)Nc4ccc([N+](=O)[O-])cc43)c3ccc(CCCN4CCCCC4)cc3)cc2)c[nH]1. The number of H-pyrrole nitrogens is 1. The fourth-order valence-corrected chi connectivity index (χ4v) is 5.76. The van der Waals surface area contributed by atoms with Crippen LogP contribution >= 0.6 is 0 Å². The maximum Gasteiger partial charge on any atom is 0.270 e. The second-order valence-electron chi connectivity index (χ2n) is 11.0. The Balaban J connectivity index is 1.31. The molecule has 2 aliphatic heterocycles. The van der Waals surface area contributed by atoms with E-state index in [1.165, 1.54) is 50.0 Å². The summed E-state index contributed by atoms with van der Waals surface area (Å²) in [5.41, 5.74) is 6.63. The van der Waals surface area contributed by atoms with E-state index in [0.29, 0.717) is 22.5 Å². The molecule has 0 spiro atoms. The number of amides is 1. The minimum absolute atomic E-state index is 0.0650. The highest BCUT2D eigenvalue weighted by Crippen LogP contribution is 2.39. The van der Waals surface area contributed by atoms with E-state index in [0.717, 1.165) is 47.7 Å². The van der Waals surface area contributed by atoms with Gasteiger partial charge < -0.3 is 20.5 Å². The van der Waals surface area contributed by atoms with Gasteiger partial charge in [-0.25, -0.2) is 4.98 Å². The molecule has 1 saturated heterocycles. The minimum atomic E-state index is -0.442. The van der Waals surface area contributed by atoms with Gasteiger partial charge in [0.1, 0.15) is 5.82 Å². The number of aryl methyl sites for hydroxylation is 2. The van der Waals surface area contributed by atoms with Crippen molar-refractivity contribution in [3.63, 3.8) is 0 Å². The highest BCUT2D eigenvalue weighted by atomic mass is 16.6. The van der Waals surface area contributed by atoms with E-state index in [1.54, 1.807) is 6.07 Å². The summed E-state index contributed by atoms with van der Waals surface area (Å²) in [6, 6.07) is 20.5. The highest BCUT2D eigenvalue weighted by molar-refractivity contribution is 6.37. The number of nitro benzene ring substituents is 1. The number of likely N-dealkylation sites (tertiary alicyclic amines) is 1. The van der Waals surface area contributed by atoms with Gasteiger partial charge in [-0.15, -0.1) is 0 Å². The van der Waals surface area contributed by atoms with E-state index in [1.807, 2.05) is 49.5 Å². The van der Waals surface area contributed by atoms with Crippen LogP contribution in [-0.4, -0.2) is 45.3 Å². The molecular weight excluding hydrogens is 528 g/mol. The highest BCUT2D eigenvalue weighted by Gasteiger charge is 2.30. The molecule has 0 atom stereocenters. The predicted octanol–water partition coefficient (Wildman–Crippen LogP) is 6.64. The monoisotopic (exact) mass is 562 g/mol. The molecule has 0 aliphatic carbocycles. The van der Waals surface area contributed by atoms with E-state index in [-0.39, 0.29) is 11.6 Å². The summed E-state index contributed by atoms with van der Waals surface area (Å²) < 4.78 is 0. The van der Waals surface area contributed by atoms with Crippen LogP contribution in [0.3, 0.4) is 0 Å². The number of imidazole rings is 1. The van der Waals surface area contributed by atoms with Crippen LogP contribution in [0, 0.1) is 17.0 Å². The quantitative estimate of drug-likeness (QED) is 0.120. The Hall–Kier alpha value is -4.76. The van der Waals surface area contributed by atoms with Crippen LogP contribution in [0.4, 0.5) is 17.1 Å². The first kappa shape index (κ1) is 27.4. The number of nitrogens with one attached hydrogen (secondary N) is 3. The molecule has 6 rings (SSSR count). The van der Waals surface area contributed by atoms with Gasteiger partial charge in [-0.2, -0.15) is 0 Å². The minimum Gasteiger partial charge on any atom is -0.354 e. The van der Waals surface area contributed by atoms with Crippen molar-refractivity contribution in [1.82, 2.24) is 14.9 Å². The summed E-state index contributed by atoms with van der Waals surface area (Å²) in [4.78, 5) is 34.6. The van der Waals surface area contributed by atoms with Crippen molar-refractivity contribution in [3.05, 3.63) is 106 Å². The molecule has 3 heterocycles. The summed E-state index contributed by atoms with van der Waals surface area (Å²) in [5, 5.41) is 17.9. The molecule has 0 radical (unpaired) electrons. The first-order valence-corrected chi connectivity index (χ1v) is 14.5. The number of hydrogen-bond acceptors (Lipinski definition) is 6. The van der Waals surface area contributed by atoms with Gasteiger partial charge in [0.15, 0.2) is 0 Å². The molecule has 4 aromatic rings. The van der Waals surface area contributed by atoms with Crippen molar-refractivity contribution in [2.24, 2.45) is 0 Å². The molecule has 214 valence electrons. The number of carbonyl (C=O) groups excluding carboxylic acids is 1. The zero-order valence-corrected chi connectivity index (χ0v) is 23.7. The number of rotatable bonds is 9. The van der Waals surface area contributed by atoms with Gasteiger partial charge in [0.05, 0.1) is 21.9 Å². The number of benzene rings is 3. The normalized spacial score (nSPS) is 16.2. The first-order chi connectivity index (χ1) is 20.4. The molecule has 1 fully saturated rings. The van der Waals surface area contributed by atoms with Crippen LogP contribution in [0.15, 0.2) is 72.9 Å². The van der Waals surface area contributed by atoms with Crippen molar-refractivity contribution in [1.29, 1.82) is 0 Å². The maximum atomic E-state index is 13.3. The summed E-state index contributed by atoms with van der Waals surface area (Å²) in [6.07, 6.45) is 7.89. The van der Waals surface area contributed by atoms with Crippen LogP contribution in [0.2, 0.25) is 0 Å². The molecule has 0 saturated carbocycles. The lowest BCUT2D eigenvalue weighted by Gasteiger charge is -2.26. The zero-order valence-electron chi connectivity index (χ0n) is 23.7. The van der Waals surface area contributed by atoms with Crippen LogP contribution in [-0.2, 0) is 11.2 Å². The number of carbonyl (C=O) groups is 1.